The first-order valence-corrected chi connectivity index (χ1v) is 7.41. The Bertz CT molecular complexity index is 881. The zero-order chi connectivity index (χ0) is 15.5. The lowest BCUT2D eigenvalue weighted by atomic mass is 10.2. The van der Waals surface area contributed by atoms with Crippen molar-refractivity contribution in [1.29, 1.82) is 5.26 Å². The summed E-state index contributed by atoms with van der Waals surface area (Å²) in [5.74, 6) is -0.629. The van der Waals surface area contributed by atoms with Crippen LogP contribution in [-0.2, 0) is 0 Å². The first-order chi connectivity index (χ1) is 10.7. The number of rotatable bonds is 4. The summed E-state index contributed by atoms with van der Waals surface area (Å²) in [6.07, 6.45) is -0.200. The Balaban J connectivity index is 2.14. The Morgan fingerprint density at radius 1 is 1.18 bits per heavy atom. The lowest BCUT2D eigenvalue weighted by Gasteiger charge is -2.08. The largest absolute Gasteiger partial charge is 0.291 e. The number of aromatic nitrogens is 1. The molecule has 0 N–H and O–H groups in total. The number of nitriles is 1. The Morgan fingerprint density at radius 3 is 2.68 bits per heavy atom. The fraction of sp³-hybridized carbons (Fsp3) is 0.0588. The molecule has 0 aliphatic heterocycles. The highest BCUT2D eigenvalue weighted by atomic mass is 32.2. The highest BCUT2D eigenvalue weighted by Gasteiger charge is 2.16. The van der Waals surface area contributed by atoms with Crippen molar-refractivity contribution in [2.75, 3.05) is 0 Å². The molecule has 0 spiro atoms. The van der Waals surface area contributed by atoms with Gasteiger partial charge in [0, 0.05) is 10.3 Å². The van der Waals surface area contributed by atoms with E-state index >= 15 is 0 Å². The summed E-state index contributed by atoms with van der Waals surface area (Å²) in [6.45, 7) is 0. The Kier molecular flexibility index (Phi) is 3.94. The first kappa shape index (κ1) is 14.4. The third kappa shape index (κ3) is 2.74. The van der Waals surface area contributed by atoms with Crippen molar-refractivity contribution in [2.24, 2.45) is 0 Å². The second kappa shape index (κ2) is 6.04. The van der Waals surface area contributed by atoms with Crippen LogP contribution in [0, 0.1) is 17.1 Å². The molecule has 2 aromatic carbocycles. The van der Waals surface area contributed by atoms with Crippen molar-refractivity contribution >= 4 is 28.6 Å². The van der Waals surface area contributed by atoms with E-state index in [4.69, 9.17) is 5.26 Å². The van der Waals surface area contributed by atoms with Crippen LogP contribution in [0.15, 0.2) is 59.5 Å². The van der Waals surface area contributed by atoms with Crippen LogP contribution in [0.5, 0.6) is 0 Å². The maximum atomic E-state index is 13.4. The van der Waals surface area contributed by atoms with E-state index in [9.17, 15) is 9.18 Å². The average Bonchev–Trinajstić information content (AvgIpc) is 2.86. The molecule has 0 bridgehead atoms. The summed E-state index contributed by atoms with van der Waals surface area (Å²) < 4.78 is 15.2. The zero-order valence-corrected chi connectivity index (χ0v) is 12.3. The van der Waals surface area contributed by atoms with Gasteiger partial charge in [-0.25, -0.2) is 4.39 Å². The molecule has 5 heteroatoms. The molecule has 0 unspecified atom stereocenters. The number of benzene rings is 2. The zero-order valence-electron chi connectivity index (χ0n) is 11.5. The van der Waals surface area contributed by atoms with Gasteiger partial charge in [0.25, 0.3) is 0 Å². The molecule has 108 valence electrons. The minimum atomic E-state index is -0.353. The monoisotopic (exact) mass is 310 g/mol. The molecule has 0 atom stereocenters. The maximum absolute atomic E-state index is 13.4. The number of hydrogen-bond acceptors (Lipinski definition) is 3. The topological polar surface area (TPSA) is 45.8 Å². The summed E-state index contributed by atoms with van der Waals surface area (Å²) in [6, 6.07) is 17.5. The average molecular weight is 310 g/mol. The van der Waals surface area contributed by atoms with E-state index in [1.165, 1.54) is 24.1 Å². The normalized spacial score (nSPS) is 10.5. The molecule has 22 heavy (non-hydrogen) atoms. The van der Waals surface area contributed by atoms with Crippen molar-refractivity contribution in [3.63, 3.8) is 0 Å². The van der Waals surface area contributed by atoms with Gasteiger partial charge >= 0.3 is 0 Å². The summed E-state index contributed by atoms with van der Waals surface area (Å²) in [7, 11) is 0. The number of nitrogens with zero attached hydrogens (tertiary/aromatic N) is 2. The van der Waals surface area contributed by atoms with E-state index in [2.05, 4.69) is 0 Å². The molecule has 0 saturated heterocycles. The van der Waals surface area contributed by atoms with Gasteiger partial charge in [0.2, 0.25) is 0 Å². The van der Waals surface area contributed by atoms with Gasteiger partial charge in [0.05, 0.1) is 17.3 Å². The molecule has 0 amide bonds. The smallest absolute Gasteiger partial charge is 0.194 e. The van der Waals surface area contributed by atoms with Crippen molar-refractivity contribution in [1.82, 2.24) is 3.97 Å². The quantitative estimate of drug-likeness (QED) is 0.670. The fourth-order valence-corrected chi connectivity index (χ4v) is 3.21. The molecule has 1 heterocycles. The van der Waals surface area contributed by atoms with Crippen LogP contribution in [0.4, 0.5) is 4.39 Å². The molecule has 0 saturated carbocycles. The second-order valence-electron chi connectivity index (χ2n) is 4.69. The SMILES string of the molecule is N#CCC(=O)c1cc2cc(F)ccc2n1Sc1ccccc1. The van der Waals surface area contributed by atoms with Gasteiger partial charge in [-0.1, -0.05) is 18.2 Å². The number of ketones is 1. The van der Waals surface area contributed by atoms with Crippen LogP contribution in [0.1, 0.15) is 16.9 Å². The van der Waals surface area contributed by atoms with Crippen LogP contribution in [0.25, 0.3) is 10.9 Å². The van der Waals surface area contributed by atoms with Crippen molar-refractivity contribution in [3.05, 3.63) is 66.1 Å². The van der Waals surface area contributed by atoms with Crippen molar-refractivity contribution < 1.29 is 9.18 Å². The highest BCUT2D eigenvalue weighted by Crippen LogP contribution is 2.30. The highest BCUT2D eigenvalue weighted by molar-refractivity contribution is 7.98. The maximum Gasteiger partial charge on any atom is 0.194 e. The van der Waals surface area contributed by atoms with Gasteiger partial charge in [0.1, 0.15) is 12.2 Å². The van der Waals surface area contributed by atoms with Gasteiger partial charge in [0.15, 0.2) is 5.78 Å². The number of carbonyl (C=O) groups excluding carboxylic acids is 1. The molecule has 3 nitrogen and oxygen atoms in total. The van der Waals surface area contributed by atoms with E-state index in [0.29, 0.717) is 11.1 Å². The van der Waals surface area contributed by atoms with E-state index in [0.717, 1.165) is 10.4 Å². The van der Waals surface area contributed by atoms with Gasteiger partial charge in [-0.2, -0.15) is 5.26 Å². The third-order valence-corrected chi connectivity index (χ3v) is 4.24. The van der Waals surface area contributed by atoms with Crippen molar-refractivity contribution in [3.8, 4) is 6.07 Å². The van der Waals surface area contributed by atoms with Crippen LogP contribution < -0.4 is 0 Å². The predicted molar refractivity (Wildman–Crippen MR) is 84.2 cm³/mol. The standard InChI is InChI=1S/C17H11FN2OS/c18-13-6-7-15-12(10-13)11-16(17(21)8-9-19)20(15)22-14-4-2-1-3-5-14/h1-7,10-11H,8H2. The van der Waals surface area contributed by atoms with Crippen LogP contribution in [0.2, 0.25) is 0 Å². The van der Waals surface area contributed by atoms with Gasteiger partial charge in [-0.15, -0.1) is 0 Å². The van der Waals surface area contributed by atoms with Crippen LogP contribution >= 0.6 is 11.9 Å². The molecule has 3 aromatic rings. The Hall–Kier alpha value is -2.58. The second-order valence-corrected chi connectivity index (χ2v) is 5.71. The summed E-state index contributed by atoms with van der Waals surface area (Å²) >= 11 is 1.37. The predicted octanol–water partition coefficient (Wildman–Crippen LogP) is 4.43. The minimum absolute atomic E-state index is 0.200. The molecule has 0 aliphatic carbocycles. The molecule has 1 aromatic heterocycles. The number of Topliss-reactive ketones (excluding diaryl/α,β-unsaturated/α-hetero) is 1. The molecule has 0 fully saturated rings. The fourth-order valence-electron chi connectivity index (χ4n) is 2.20. The molecule has 0 radical (unpaired) electrons. The minimum Gasteiger partial charge on any atom is -0.291 e. The summed E-state index contributed by atoms with van der Waals surface area (Å²) in [4.78, 5) is 13.1. The van der Waals surface area contributed by atoms with Gasteiger partial charge in [-0.05, 0) is 48.3 Å². The van der Waals surface area contributed by atoms with E-state index < -0.39 is 0 Å². The van der Waals surface area contributed by atoms with Gasteiger partial charge in [-0.3, -0.25) is 8.77 Å². The number of hydrogen-bond donors (Lipinski definition) is 0. The number of carbonyl (C=O) groups is 1. The van der Waals surface area contributed by atoms with Crippen molar-refractivity contribution in [2.45, 2.75) is 11.3 Å². The lowest BCUT2D eigenvalue weighted by molar-refractivity contribution is 0.0993. The van der Waals surface area contributed by atoms with E-state index in [-0.39, 0.29) is 18.0 Å². The van der Waals surface area contributed by atoms with E-state index in [1.807, 2.05) is 36.4 Å². The Morgan fingerprint density at radius 2 is 1.95 bits per heavy atom. The summed E-state index contributed by atoms with van der Waals surface area (Å²) in [5.41, 5.74) is 1.15. The number of fused-ring (bicyclic) bond motifs is 1. The number of halogens is 1. The molecular formula is C17H11FN2OS. The Labute approximate surface area is 131 Å². The lowest BCUT2D eigenvalue weighted by Crippen LogP contribution is -2.03. The van der Waals surface area contributed by atoms with Crippen LogP contribution in [0.3, 0.4) is 0 Å². The molecule has 3 rings (SSSR count). The summed E-state index contributed by atoms with van der Waals surface area (Å²) in [5, 5.41) is 9.39. The third-order valence-electron chi connectivity index (χ3n) is 3.18. The first-order valence-electron chi connectivity index (χ1n) is 6.63. The van der Waals surface area contributed by atoms with Crippen LogP contribution in [-0.4, -0.2) is 9.76 Å². The molecular weight excluding hydrogens is 299 g/mol. The molecule has 0 aliphatic rings. The van der Waals surface area contributed by atoms with E-state index in [1.54, 1.807) is 16.1 Å². The van der Waals surface area contributed by atoms with Gasteiger partial charge < -0.3 is 0 Å².